The molecular formula is C24H23FN4O2. The summed E-state index contributed by atoms with van der Waals surface area (Å²) >= 11 is 0. The Bertz CT molecular complexity index is 1250. The molecule has 0 aliphatic rings. The van der Waals surface area contributed by atoms with Crippen LogP contribution in [0.25, 0.3) is 22.0 Å². The van der Waals surface area contributed by atoms with Crippen molar-refractivity contribution in [1.29, 1.82) is 0 Å². The second-order valence-electron chi connectivity index (χ2n) is 7.34. The molecule has 0 saturated heterocycles. The van der Waals surface area contributed by atoms with Crippen LogP contribution < -0.4 is 4.74 Å². The third-order valence-electron chi connectivity index (χ3n) is 5.18. The number of aryl methyl sites for hydroxylation is 1. The maximum Gasteiger partial charge on any atom is 0.254 e. The number of rotatable bonds is 6. The number of fused-ring (bicyclic) bond motifs is 1. The van der Waals surface area contributed by atoms with Crippen LogP contribution in [0.4, 0.5) is 4.39 Å². The molecule has 0 aliphatic carbocycles. The minimum atomic E-state index is -0.323. The highest BCUT2D eigenvalue weighted by Crippen LogP contribution is 2.32. The number of pyridine rings is 1. The van der Waals surface area contributed by atoms with E-state index in [0.717, 1.165) is 27.7 Å². The molecule has 1 amide bonds. The summed E-state index contributed by atoms with van der Waals surface area (Å²) in [5.74, 6) is 0.0666. The molecule has 0 fully saturated rings. The molecule has 4 aromatic rings. The maximum atomic E-state index is 13.7. The van der Waals surface area contributed by atoms with Crippen molar-refractivity contribution in [1.82, 2.24) is 20.1 Å². The normalized spacial score (nSPS) is 11.0. The summed E-state index contributed by atoms with van der Waals surface area (Å²) < 4.78 is 19.5. The summed E-state index contributed by atoms with van der Waals surface area (Å²) in [6.07, 6.45) is 3.50. The smallest absolute Gasteiger partial charge is 0.254 e. The number of nitrogens with zero attached hydrogens (tertiary/aromatic N) is 3. The zero-order chi connectivity index (χ0) is 22.0. The molecule has 6 nitrogen and oxygen atoms in total. The number of aromatic amines is 1. The van der Waals surface area contributed by atoms with Gasteiger partial charge in [0.2, 0.25) is 0 Å². The van der Waals surface area contributed by atoms with Crippen molar-refractivity contribution in [2.24, 2.45) is 0 Å². The van der Waals surface area contributed by atoms with Gasteiger partial charge in [-0.1, -0.05) is 12.1 Å². The van der Waals surface area contributed by atoms with Gasteiger partial charge < -0.3 is 9.64 Å². The van der Waals surface area contributed by atoms with Gasteiger partial charge in [0.25, 0.3) is 5.91 Å². The van der Waals surface area contributed by atoms with E-state index in [-0.39, 0.29) is 11.7 Å². The number of ether oxygens (including phenoxy) is 1. The lowest BCUT2D eigenvalue weighted by atomic mass is 10.0. The van der Waals surface area contributed by atoms with Gasteiger partial charge in [-0.05, 0) is 49.7 Å². The van der Waals surface area contributed by atoms with Gasteiger partial charge in [-0.2, -0.15) is 5.10 Å². The van der Waals surface area contributed by atoms with Gasteiger partial charge in [0.1, 0.15) is 11.6 Å². The first-order valence-corrected chi connectivity index (χ1v) is 10.0. The molecular weight excluding hydrogens is 395 g/mol. The highest BCUT2D eigenvalue weighted by molar-refractivity contribution is 5.95. The molecule has 0 spiro atoms. The van der Waals surface area contributed by atoms with Crippen LogP contribution in [0.1, 0.15) is 28.5 Å². The number of aromatic nitrogens is 3. The minimum Gasteiger partial charge on any atom is -0.493 e. The minimum absolute atomic E-state index is 0.153. The quantitative estimate of drug-likeness (QED) is 0.491. The van der Waals surface area contributed by atoms with Crippen molar-refractivity contribution in [2.75, 3.05) is 13.7 Å². The first kappa shape index (κ1) is 20.5. The molecule has 0 radical (unpaired) electrons. The number of carbonyl (C=O) groups is 1. The predicted octanol–water partition coefficient (Wildman–Crippen LogP) is 4.74. The number of hydrogen-bond donors (Lipinski definition) is 1. The summed E-state index contributed by atoms with van der Waals surface area (Å²) in [6, 6.07) is 11.6. The topological polar surface area (TPSA) is 71.1 Å². The zero-order valence-corrected chi connectivity index (χ0v) is 17.6. The predicted molar refractivity (Wildman–Crippen MR) is 117 cm³/mol. The van der Waals surface area contributed by atoms with Crippen LogP contribution in [0.5, 0.6) is 5.75 Å². The highest BCUT2D eigenvalue weighted by atomic mass is 19.1. The van der Waals surface area contributed by atoms with Gasteiger partial charge in [0.05, 0.1) is 18.3 Å². The van der Waals surface area contributed by atoms with Crippen LogP contribution in [0.15, 0.2) is 54.9 Å². The average molecular weight is 418 g/mol. The molecule has 1 N–H and O–H groups in total. The fraction of sp³-hybridized carbons (Fsp3) is 0.208. The fourth-order valence-electron chi connectivity index (χ4n) is 3.61. The van der Waals surface area contributed by atoms with Crippen LogP contribution >= 0.6 is 0 Å². The largest absolute Gasteiger partial charge is 0.493 e. The molecule has 158 valence electrons. The lowest BCUT2D eigenvalue weighted by molar-refractivity contribution is 0.0785. The van der Waals surface area contributed by atoms with Crippen molar-refractivity contribution in [3.8, 4) is 16.9 Å². The first-order valence-electron chi connectivity index (χ1n) is 10.0. The van der Waals surface area contributed by atoms with Gasteiger partial charge >= 0.3 is 0 Å². The zero-order valence-electron chi connectivity index (χ0n) is 17.6. The Labute approximate surface area is 179 Å². The Hall–Kier alpha value is -3.74. The second-order valence-corrected chi connectivity index (χ2v) is 7.34. The van der Waals surface area contributed by atoms with Crippen LogP contribution in [-0.2, 0) is 6.54 Å². The van der Waals surface area contributed by atoms with Crippen LogP contribution in [0.3, 0.4) is 0 Å². The van der Waals surface area contributed by atoms with Crippen LogP contribution in [0, 0.1) is 12.7 Å². The molecule has 0 saturated carbocycles. The van der Waals surface area contributed by atoms with Gasteiger partial charge in [0.15, 0.2) is 0 Å². The van der Waals surface area contributed by atoms with Gasteiger partial charge in [-0.3, -0.25) is 14.9 Å². The van der Waals surface area contributed by atoms with E-state index in [9.17, 15) is 9.18 Å². The van der Waals surface area contributed by atoms with Crippen molar-refractivity contribution in [3.63, 3.8) is 0 Å². The molecule has 0 aliphatic heterocycles. The monoisotopic (exact) mass is 418 g/mol. The van der Waals surface area contributed by atoms with Crippen molar-refractivity contribution >= 4 is 16.8 Å². The number of halogens is 1. The lowest BCUT2D eigenvalue weighted by Gasteiger charge is -2.19. The van der Waals surface area contributed by atoms with E-state index in [1.807, 2.05) is 19.9 Å². The van der Waals surface area contributed by atoms with E-state index in [2.05, 4.69) is 15.2 Å². The number of hydrogen-bond acceptors (Lipinski definition) is 4. The van der Waals surface area contributed by atoms with E-state index in [0.29, 0.717) is 30.0 Å². The molecule has 0 atom stereocenters. The highest BCUT2D eigenvalue weighted by Gasteiger charge is 2.18. The lowest BCUT2D eigenvalue weighted by Crippen LogP contribution is -2.26. The molecule has 4 rings (SSSR count). The van der Waals surface area contributed by atoms with E-state index >= 15 is 0 Å². The standard InChI is InChI=1S/C24H23FN4O2/c1-4-31-22-11-17(8-9-20(22)16-6-5-7-19(25)10-16)24(30)29(3)14-18-12-26-15(2)21-13-27-28-23(18)21/h5-13H,4,14H2,1-3H3,(H,27,28). The van der Waals surface area contributed by atoms with Gasteiger partial charge in [-0.25, -0.2) is 4.39 Å². The average Bonchev–Trinajstić information content (AvgIpc) is 3.26. The third-order valence-corrected chi connectivity index (χ3v) is 5.18. The summed E-state index contributed by atoms with van der Waals surface area (Å²) in [4.78, 5) is 19.1. The molecule has 2 aromatic carbocycles. The van der Waals surface area contributed by atoms with E-state index in [4.69, 9.17) is 4.74 Å². The van der Waals surface area contributed by atoms with Gasteiger partial charge in [-0.15, -0.1) is 0 Å². The number of benzene rings is 2. The number of carbonyl (C=O) groups excluding carboxylic acids is 1. The molecule has 2 heterocycles. The molecule has 7 heteroatoms. The SMILES string of the molecule is CCOc1cc(C(=O)N(C)Cc2cnc(C)c3cn[nH]c23)ccc1-c1cccc(F)c1. The van der Waals surface area contributed by atoms with Crippen LogP contribution in [0.2, 0.25) is 0 Å². The summed E-state index contributed by atoms with van der Waals surface area (Å²) in [7, 11) is 1.74. The van der Waals surface area contributed by atoms with Crippen molar-refractivity contribution < 1.29 is 13.9 Å². The Morgan fingerprint density at radius 2 is 2.03 bits per heavy atom. The summed E-state index contributed by atoms with van der Waals surface area (Å²) in [6.45, 7) is 4.60. The fourth-order valence-corrected chi connectivity index (χ4v) is 3.61. The number of nitrogens with one attached hydrogen (secondary N) is 1. The Kier molecular flexibility index (Phi) is 5.66. The first-order chi connectivity index (χ1) is 15.0. The molecule has 2 aromatic heterocycles. The van der Waals surface area contributed by atoms with Crippen LogP contribution in [-0.4, -0.2) is 39.6 Å². The van der Waals surface area contributed by atoms with Gasteiger partial charge in [0, 0.05) is 47.6 Å². The molecule has 0 unspecified atom stereocenters. The Balaban J connectivity index is 1.62. The summed E-state index contributed by atoms with van der Waals surface area (Å²) in [5, 5.41) is 8.03. The van der Waals surface area contributed by atoms with E-state index < -0.39 is 0 Å². The second kappa shape index (κ2) is 8.55. The van der Waals surface area contributed by atoms with E-state index in [1.165, 1.54) is 12.1 Å². The maximum absolute atomic E-state index is 13.7. The molecule has 31 heavy (non-hydrogen) atoms. The number of amides is 1. The number of H-pyrrole nitrogens is 1. The third kappa shape index (κ3) is 4.12. The van der Waals surface area contributed by atoms with E-state index in [1.54, 1.807) is 48.6 Å². The summed E-state index contributed by atoms with van der Waals surface area (Å²) in [5.41, 5.74) is 4.58. The van der Waals surface area contributed by atoms with Crippen molar-refractivity contribution in [3.05, 3.63) is 77.5 Å². The Morgan fingerprint density at radius 1 is 1.19 bits per heavy atom. The van der Waals surface area contributed by atoms with Crippen molar-refractivity contribution in [2.45, 2.75) is 20.4 Å². The Morgan fingerprint density at radius 3 is 2.81 bits per heavy atom. The molecule has 0 bridgehead atoms.